The molecular weight excluding hydrogens is 508 g/mol. The molecule has 0 atom stereocenters. The molecule has 2 aromatic carbocycles. The number of hydrogen-bond donors (Lipinski definition) is 2. The number of aromatic nitrogens is 3. The van der Waals surface area contributed by atoms with Gasteiger partial charge in [-0.05, 0) is 63.9 Å². The highest BCUT2D eigenvalue weighted by atomic mass is 32.2. The second-order valence-electron chi connectivity index (χ2n) is 8.49. The summed E-state index contributed by atoms with van der Waals surface area (Å²) in [6, 6.07) is 13.0. The quantitative estimate of drug-likeness (QED) is 0.215. The summed E-state index contributed by atoms with van der Waals surface area (Å²) in [5.41, 5.74) is 4.70. The summed E-state index contributed by atoms with van der Waals surface area (Å²) in [4.78, 5) is 26.4. The van der Waals surface area contributed by atoms with Gasteiger partial charge in [0.2, 0.25) is 5.91 Å². The van der Waals surface area contributed by atoms with Gasteiger partial charge in [0.1, 0.15) is 10.8 Å². The summed E-state index contributed by atoms with van der Waals surface area (Å²) in [6.07, 6.45) is 0. The summed E-state index contributed by atoms with van der Waals surface area (Å²) < 4.78 is 7.03. The van der Waals surface area contributed by atoms with Gasteiger partial charge in [-0.1, -0.05) is 41.6 Å². The van der Waals surface area contributed by atoms with Gasteiger partial charge in [-0.2, -0.15) is 0 Å². The molecule has 0 fully saturated rings. The monoisotopic (exact) mass is 536 g/mol. The number of phenolic OH excluding ortho intramolecular Hbond substituents is 1. The van der Waals surface area contributed by atoms with Crippen LogP contribution in [0.3, 0.4) is 0 Å². The van der Waals surface area contributed by atoms with Crippen LogP contribution in [0.5, 0.6) is 5.75 Å². The van der Waals surface area contributed by atoms with Crippen molar-refractivity contribution in [3.05, 3.63) is 69.6 Å². The Kier molecular flexibility index (Phi) is 7.99. The number of hydrogen-bond acceptors (Lipinski definition) is 8. The van der Waals surface area contributed by atoms with Crippen molar-refractivity contribution in [3.8, 4) is 22.8 Å². The number of carbonyl (C=O) groups is 2. The van der Waals surface area contributed by atoms with Crippen LogP contribution in [0.25, 0.3) is 17.1 Å². The molecule has 10 heteroatoms. The Balaban J connectivity index is 1.63. The van der Waals surface area contributed by atoms with Crippen molar-refractivity contribution in [1.82, 2.24) is 14.8 Å². The van der Waals surface area contributed by atoms with Gasteiger partial charge in [-0.15, -0.1) is 21.5 Å². The van der Waals surface area contributed by atoms with Gasteiger partial charge in [-0.25, -0.2) is 4.79 Å². The van der Waals surface area contributed by atoms with E-state index < -0.39 is 5.97 Å². The van der Waals surface area contributed by atoms with E-state index in [0.29, 0.717) is 27.1 Å². The second kappa shape index (κ2) is 11.2. The molecule has 0 bridgehead atoms. The predicted molar refractivity (Wildman–Crippen MR) is 147 cm³/mol. The van der Waals surface area contributed by atoms with Crippen molar-refractivity contribution in [2.45, 2.75) is 39.8 Å². The fourth-order valence-electron chi connectivity index (χ4n) is 3.93. The third kappa shape index (κ3) is 5.55. The first kappa shape index (κ1) is 26.4. The van der Waals surface area contributed by atoms with Gasteiger partial charge in [0.05, 0.1) is 29.2 Å². The molecule has 192 valence electrons. The molecule has 0 spiro atoms. The number of anilines is 1. The minimum absolute atomic E-state index is 0.0437. The molecule has 4 aromatic rings. The number of aromatic hydroxyl groups is 1. The lowest BCUT2D eigenvalue weighted by molar-refractivity contribution is -0.113. The van der Waals surface area contributed by atoms with Crippen molar-refractivity contribution in [1.29, 1.82) is 0 Å². The lowest BCUT2D eigenvalue weighted by Crippen LogP contribution is -2.17. The van der Waals surface area contributed by atoms with Crippen LogP contribution in [0.4, 0.5) is 5.00 Å². The van der Waals surface area contributed by atoms with Crippen molar-refractivity contribution >= 4 is 40.0 Å². The van der Waals surface area contributed by atoms with Crippen molar-refractivity contribution in [3.63, 3.8) is 0 Å². The average molecular weight is 537 g/mol. The zero-order valence-electron chi connectivity index (χ0n) is 21.3. The SMILES string of the molecule is CCOC(=O)c1c(NC(=O)CSc2nnc(-c3ccccc3O)n2-c2ccc(C)cc2C)sc(C)c1C. The summed E-state index contributed by atoms with van der Waals surface area (Å²) >= 11 is 2.57. The Morgan fingerprint density at radius 1 is 1.11 bits per heavy atom. The van der Waals surface area contributed by atoms with Crippen LogP contribution >= 0.6 is 23.1 Å². The summed E-state index contributed by atoms with van der Waals surface area (Å²) in [5, 5.41) is 23.1. The standard InChI is InChI=1S/C27H28N4O4S2/c1-6-35-26(34)23-17(4)18(5)37-25(23)28-22(33)14-36-27-30-29-24(19-9-7-8-10-21(19)32)31(27)20-12-11-15(2)13-16(20)3/h7-13,32H,6,14H2,1-5H3,(H,28,33). The maximum Gasteiger partial charge on any atom is 0.341 e. The largest absolute Gasteiger partial charge is 0.507 e. The average Bonchev–Trinajstić information content (AvgIpc) is 3.38. The van der Waals surface area contributed by atoms with Crippen LogP contribution in [-0.4, -0.2) is 44.1 Å². The highest BCUT2D eigenvalue weighted by Gasteiger charge is 2.24. The van der Waals surface area contributed by atoms with E-state index in [2.05, 4.69) is 21.6 Å². The molecule has 0 aliphatic carbocycles. The van der Waals surface area contributed by atoms with Gasteiger partial charge in [0, 0.05) is 4.88 Å². The first-order valence-corrected chi connectivity index (χ1v) is 13.5. The van der Waals surface area contributed by atoms with E-state index in [9.17, 15) is 14.7 Å². The number of thiophene rings is 1. The summed E-state index contributed by atoms with van der Waals surface area (Å²) in [6.45, 7) is 9.76. The molecule has 8 nitrogen and oxygen atoms in total. The van der Waals surface area contributed by atoms with Gasteiger partial charge in [0.15, 0.2) is 11.0 Å². The van der Waals surface area contributed by atoms with E-state index >= 15 is 0 Å². The number of rotatable bonds is 8. The van der Waals surface area contributed by atoms with Crippen LogP contribution in [0.15, 0.2) is 47.6 Å². The maximum atomic E-state index is 13.0. The van der Waals surface area contributed by atoms with Crippen LogP contribution < -0.4 is 5.32 Å². The Hall–Kier alpha value is -3.63. The smallest absolute Gasteiger partial charge is 0.341 e. The highest BCUT2D eigenvalue weighted by molar-refractivity contribution is 7.99. The topological polar surface area (TPSA) is 106 Å². The van der Waals surface area contributed by atoms with Crippen LogP contribution in [0.1, 0.15) is 38.8 Å². The normalized spacial score (nSPS) is 10.9. The lowest BCUT2D eigenvalue weighted by Gasteiger charge is -2.14. The summed E-state index contributed by atoms with van der Waals surface area (Å²) in [5.74, 6) is -0.125. The number of para-hydroxylation sites is 1. The molecule has 1 amide bonds. The predicted octanol–water partition coefficient (Wildman–Crippen LogP) is 5.84. The number of nitrogens with one attached hydrogen (secondary N) is 1. The molecule has 2 aromatic heterocycles. The molecule has 2 N–H and O–H groups in total. The fourth-order valence-corrected chi connectivity index (χ4v) is 5.74. The second-order valence-corrected chi connectivity index (χ2v) is 10.7. The molecule has 37 heavy (non-hydrogen) atoms. The Bertz CT molecular complexity index is 1480. The van der Waals surface area contributed by atoms with E-state index in [1.165, 1.54) is 23.1 Å². The summed E-state index contributed by atoms with van der Waals surface area (Å²) in [7, 11) is 0. The van der Waals surface area contributed by atoms with Crippen LogP contribution in [0.2, 0.25) is 0 Å². The van der Waals surface area contributed by atoms with Crippen LogP contribution in [-0.2, 0) is 9.53 Å². The molecule has 0 radical (unpaired) electrons. The number of carbonyl (C=O) groups excluding carboxylic acids is 2. The maximum absolute atomic E-state index is 13.0. The number of nitrogens with zero attached hydrogens (tertiary/aromatic N) is 3. The lowest BCUT2D eigenvalue weighted by atomic mass is 10.1. The van der Waals surface area contributed by atoms with Gasteiger partial charge >= 0.3 is 5.97 Å². The third-order valence-electron chi connectivity index (χ3n) is 5.82. The number of phenols is 1. The molecule has 4 rings (SSSR count). The molecule has 0 saturated heterocycles. The molecule has 0 unspecified atom stereocenters. The zero-order valence-corrected chi connectivity index (χ0v) is 22.9. The number of esters is 1. The molecule has 0 aliphatic heterocycles. The van der Waals surface area contributed by atoms with Crippen LogP contribution in [0, 0.1) is 27.7 Å². The fraction of sp³-hybridized carbons (Fsp3) is 0.259. The van der Waals surface area contributed by atoms with E-state index in [4.69, 9.17) is 4.74 Å². The zero-order chi connectivity index (χ0) is 26.7. The van der Waals surface area contributed by atoms with Gasteiger partial charge in [-0.3, -0.25) is 9.36 Å². The van der Waals surface area contributed by atoms with E-state index in [-0.39, 0.29) is 24.0 Å². The minimum Gasteiger partial charge on any atom is -0.507 e. The van der Waals surface area contributed by atoms with Gasteiger partial charge in [0.25, 0.3) is 0 Å². The third-order valence-corrected chi connectivity index (χ3v) is 7.87. The number of aryl methyl sites for hydroxylation is 3. The van der Waals surface area contributed by atoms with Crippen molar-refractivity contribution in [2.24, 2.45) is 0 Å². The molecule has 0 saturated carbocycles. The van der Waals surface area contributed by atoms with E-state index in [1.807, 2.05) is 50.5 Å². The van der Waals surface area contributed by atoms with E-state index in [0.717, 1.165) is 27.3 Å². The number of benzene rings is 2. The molecule has 0 aliphatic rings. The number of ether oxygens (including phenoxy) is 1. The number of amides is 1. The van der Waals surface area contributed by atoms with Gasteiger partial charge < -0.3 is 15.2 Å². The first-order valence-electron chi connectivity index (χ1n) is 11.7. The Labute approximate surface area is 223 Å². The molecular formula is C27H28N4O4S2. The van der Waals surface area contributed by atoms with Crippen molar-refractivity contribution < 1.29 is 19.4 Å². The Morgan fingerprint density at radius 3 is 2.57 bits per heavy atom. The minimum atomic E-state index is -0.450. The van der Waals surface area contributed by atoms with Crippen molar-refractivity contribution in [2.75, 3.05) is 17.7 Å². The van der Waals surface area contributed by atoms with E-state index in [1.54, 1.807) is 25.1 Å². The highest BCUT2D eigenvalue weighted by Crippen LogP contribution is 2.35. The molecule has 2 heterocycles. The number of thioether (sulfide) groups is 1. The first-order chi connectivity index (χ1) is 17.7. The Morgan fingerprint density at radius 2 is 1.86 bits per heavy atom.